The number of esters is 2. The molecule has 8 heteroatoms. The van der Waals surface area contributed by atoms with E-state index < -0.39 is 40.9 Å². The number of rotatable bonds is 5. The van der Waals surface area contributed by atoms with Crippen LogP contribution in [0.5, 0.6) is 0 Å². The van der Waals surface area contributed by atoms with Crippen LogP contribution in [0.2, 0.25) is 0 Å². The van der Waals surface area contributed by atoms with Gasteiger partial charge in [0.2, 0.25) is 0 Å². The van der Waals surface area contributed by atoms with E-state index in [0.717, 1.165) is 6.07 Å². The molecule has 0 spiro atoms. The van der Waals surface area contributed by atoms with Gasteiger partial charge in [-0.25, -0.2) is 9.18 Å². The molecule has 2 atom stereocenters. The Bertz CT molecular complexity index is 762. The molecule has 140 valence electrons. The lowest BCUT2D eigenvalue weighted by molar-refractivity contribution is -0.155. The second-order valence-corrected chi connectivity index (χ2v) is 6.08. The first-order valence-corrected chi connectivity index (χ1v) is 8.22. The van der Waals surface area contributed by atoms with Gasteiger partial charge >= 0.3 is 17.8 Å². The molecule has 2 rings (SSSR count). The van der Waals surface area contributed by atoms with Crippen LogP contribution in [-0.2, 0) is 29.3 Å². The number of ether oxygens (including phenoxy) is 2. The number of nitrogens with one attached hydrogen (secondary N) is 1. The number of benzene rings is 1. The molecule has 0 radical (unpaired) electrons. The molecule has 2 unspecified atom stereocenters. The van der Waals surface area contributed by atoms with Crippen molar-refractivity contribution in [2.24, 2.45) is 0 Å². The molecule has 0 saturated heterocycles. The molecule has 1 N–H and O–H groups in total. The number of amides is 1. The van der Waals surface area contributed by atoms with Crippen molar-refractivity contribution in [1.82, 2.24) is 5.32 Å². The third-order valence-electron chi connectivity index (χ3n) is 4.31. The first kappa shape index (κ1) is 19.6. The van der Waals surface area contributed by atoms with E-state index in [2.05, 4.69) is 10.1 Å². The minimum absolute atomic E-state index is 0.00357. The summed E-state index contributed by atoms with van der Waals surface area (Å²) in [4.78, 5) is 48.4. The van der Waals surface area contributed by atoms with E-state index in [-0.39, 0.29) is 25.2 Å². The topological polar surface area (TPSA) is 98.8 Å². The molecular formula is C18H20FNO6. The highest BCUT2D eigenvalue weighted by molar-refractivity contribution is 6.33. The summed E-state index contributed by atoms with van der Waals surface area (Å²) < 4.78 is 23.2. The molecule has 1 aliphatic carbocycles. The second kappa shape index (κ2) is 7.63. The van der Waals surface area contributed by atoms with Crippen LogP contribution in [0.3, 0.4) is 0 Å². The van der Waals surface area contributed by atoms with E-state index in [1.165, 1.54) is 19.1 Å². The Balaban J connectivity index is 2.41. The minimum atomic E-state index is -1.22. The minimum Gasteiger partial charge on any atom is -0.466 e. The molecule has 0 aromatic heterocycles. The quantitative estimate of drug-likeness (QED) is 0.623. The predicted octanol–water partition coefficient (Wildman–Crippen LogP) is 1.28. The molecule has 0 heterocycles. The van der Waals surface area contributed by atoms with Crippen molar-refractivity contribution < 1.29 is 33.0 Å². The van der Waals surface area contributed by atoms with Crippen molar-refractivity contribution in [3.05, 3.63) is 35.1 Å². The zero-order chi connectivity index (χ0) is 19.5. The lowest BCUT2D eigenvalue weighted by atomic mass is 9.77. The van der Waals surface area contributed by atoms with E-state index >= 15 is 0 Å². The Morgan fingerprint density at radius 1 is 1.19 bits per heavy atom. The highest BCUT2D eigenvalue weighted by Crippen LogP contribution is 2.42. The summed E-state index contributed by atoms with van der Waals surface area (Å²) in [6, 6.07) is 2.40. The van der Waals surface area contributed by atoms with Gasteiger partial charge in [-0.1, -0.05) is 13.0 Å². The maximum Gasteiger partial charge on any atom is 0.396 e. The standard InChI is InChI=1S/C18H20FNO6/c1-4-25-13(21)9-18(3)12-7-6-10(19)8-11(12)14(22)15(18)20-16(23)17(24)26-5-2/h6-8,15H,4-5,9H2,1-3H3,(H,20,23). The summed E-state index contributed by atoms with van der Waals surface area (Å²) in [5, 5.41) is 2.32. The predicted molar refractivity (Wildman–Crippen MR) is 87.9 cm³/mol. The van der Waals surface area contributed by atoms with Gasteiger partial charge in [-0.2, -0.15) is 0 Å². The fourth-order valence-corrected chi connectivity index (χ4v) is 3.14. The number of halogens is 1. The van der Waals surface area contributed by atoms with Crippen LogP contribution in [0, 0.1) is 5.82 Å². The van der Waals surface area contributed by atoms with Gasteiger partial charge < -0.3 is 14.8 Å². The first-order valence-electron chi connectivity index (χ1n) is 8.22. The third kappa shape index (κ3) is 3.58. The second-order valence-electron chi connectivity index (χ2n) is 6.08. The molecule has 0 bridgehead atoms. The van der Waals surface area contributed by atoms with E-state index in [4.69, 9.17) is 4.74 Å². The number of hydrogen-bond acceptors (Lipinski definition) is 6. The average molecular weight is 365 g/mol. The van der Waals surface area contributed by atoms with Crippen LogP contribution in [0.4, 0.5) is 4.39 Å². The molecular weight excluding hydrogens is 345 g/mol. The Morgan fingerprint density at radius 3 is 2.46 bits per heavy atom. The van der Waals surface area contributed by atoms with Gasteiger partial charge in [0.1, 0.15) is 11.9 Å². The van der Waals surface area contributed by atoms with Crippen LogP contribution < -0.4 is 5.32 Å². The monoisotopic (exact) mass is 365 g/mol. The zero-order valence-corrected chi connectivity index (χ0v) is 14.8. The van der Waals surface area contributed by atoms with E-state index in [9.17, 15) is 23.6 Å². The molecule has 0 fully saturated rings. The Kier molecular flexibility index (Phi) is 5.74. The average Bonchev–Trinajstić information content (AvgIpc) is 2.76. The number of Topliss-reactive ketones (excluding diaryl/α,β-unsaturated/α-hetero) is 1. The van der Waals surface area contributed by atoms with Crippen LogP contribution in [-0.4, -0.2) is 42.9 Å². The fourth-order valence-electron chi connectivity index (χ4n) is 3.14. The smallest absolute Gasteiger partial charge is 0.396 e. The van der Waals surface area contributed by atoms with Crippen LogP contribution in [0.15, 0.2) is 18.2 Å². The van der Waals surface area contributed by atoms with Crippen molar-refractivity contribution >= 4 is 23.6 Å². The maximum absolute atomic E-state index is 13.6. The highest BCUT2D eigenvalue weighted by atomic mass is 19.1. The molecule has 0 aliphatic heterocycles. The van der Waals surface area contributed by atoms with E-state index in [1.54, 1.807) is 13.8 Å². The summed E-state index contributed by atoms with van der Waals surface area (Å²) in [6.45, 7) is 4.91. The number of carbonyl (C=O) groups excluding carboxylic acids is 4. The zero-order valence-electron chi connectivity index (χ0n) is 14.8. The Labute approximate surface area is 149 Å². The van der Waals surface area contributed by atoms with Gasteiger partial charge in [-0.3, -0.25) is 14.4 Å². The SMILES string of the molecule is CCOC(=O)CC1(C)c2ccc(F)cc2C(=O)C1NC(=O)C(=O)OCC. The normalized spacial score (nSPS) is 21.1. The van der Waals surface area contributed by atoms with Gasteiger partial charge in [0.25, 0.3) is 0 Å². The molecule has 26 heavy (non-hydrogen) atoms. The highest BCUT2D eigenvalue weighted by Gasteiger charge is 2.51. The van der Waals surface area contributed by atoms with Crippen LogP contribution >= 0.6 is 0 Å². The van der Waals surface area contributed by atoms with Crippen molar-refractivity contribution in [2.45, 2.75) is 38.6 Å². The van der Waals surface area contributed by atoms with Gasteiger partial charge in [-0.05, 0) is 31.5 Å². The fraction of sp³-hybridized carbons (Fsp3) is 0.444. The van der Waals surface area contributed by atoms with Gasteiger partial charge in [0, 0.05) is 11.0 Å². The molecule has 1 aromatic rings. The first-order chi connectivity index (χ1) is 12.2. The van der Waals surface area contributed by atoms with Crippen molar-refractivity contribution in [1.29, 1.82) is 0 Å². The lowest BCUT2D eigenvalue weighted by Gasteiger charge is -2.30. The van der Waals surface area contributed by atoms with Crippen molar-refractivity contribution in [3.8, 4) is 0 Å². The number of fused-ring (bicyclic) bond motifs is 1. The van der Waals surface area contributed by atoms with Gasteiger partial charge in [-0.15, -0.1) is 0 Å². The maximum atomic E-state index is 13.6. The van der Waals surface area contributed by atoms with Crippen LogP contribution in [0.25, 0.3) is 0 Å². The summed E-state index contributed by atoms with van der Waals surface area (Å²) in [6.07, 6.45) is -0.223. The largest absolute Gasteiger partial charge is 0.466 e. The summed E-state index contributed by atoms with van der Waals surface area (Å²) >= 11 is 0. The third-order valence-corrected chi connectivity index (χ3v) is 4.31. The molecule has 1 aromatic carbocycles. The molecule has 0 saturated carbocycles. The van der Waals surface area contributed by atoms with E-state index in [1.807, 2.05) is 0 Å². The number of hydrogen-bond donors (Lipinski definition) is 1. The van der Waals surface area contributed by atoms with Crippen LogP contribution in [0.1, 0.15) is 43.1 Å². The molecule has 1 amide bonds. The summed E-state index contributed by atoms with van der Waals surface area (Å²) in [5.41, 5.74) is -0.716. The lowest BCUT2D eigenvalue weighted by Crippen LogP contribution is -2.52. The van der Waals surface area contributed by atoms with Gasteiger partial charge in [0.15, 0.2) is 5.78 Å². The van der Waals surface area contributed by atoms with E-state index in [0.29, 0.717) is 5.56 Å². The summed E-state index contributed by atoms with van der Waals surface area (Å²) in [7, 11) is 0. The summed E-state index contributed by atoms with van der Waals surface area (Å²) in [5.74, 6) is -4.01. The van der Waals surface area contributed by atoms with Crippen molar-refractivity contribution in [3.63, 3.8) is 0 Å². The van der Waals surface area contributed by atoms with Gasteiger partial charge in [0.05, 0.1) is 19.6 Å². The Morgan fingerprint density at radius 2 is 1.85 bits per heavy atom. The number of carbonyl (C=O) groups is 4. The Hall–Kier alpha value is -2.77. The molecule has 1 aliphatic rings. The number of ketones is 1. The molecule has 7 nitrogen and oxygen atoms in total. The van der Waals surface area contributed by atoms with Crippen molar-refractivity contribution in [2.75, 3.05) is 13.2 Å².